The monoisotopic (exact) mass is 488 g/mol. The molecule has 190 valence electrons. The van der Waals surface area contributed by atoms with Crippen LogP contribution >= 0.6 is 0 Å². The second-order valence-electron chi connectivity index (χ2n) is 9.86. The van der Waals surface area contributed by atoms with E-state index in [9.17, 15) is 19.7 Å². The Labute approximate surface area is 204 Å². The number of methoxy groups -OCH3 is 1. The van der Waals surface area contributed by atoms with Gasteiger partial charge in [-0.1, -0.05) is 6.07 Å². The number of nitrogens with one attached hydrogen (secondary N) is 1. The number of anilines is 2. The summed E-state index contributed by atoms with van der Waals surface area (Å²) in [6.07, 6.45) is -1.71. The smallest absolute Gasteiger partial charge is 0.420 e. The van der Waals surface area contributed by atoms with E-state index in [1.54, 1.807) is 59.7 Å². The van der Waals surface area contributed by atoms with Gasteiger partial charge < -0.3 is 19.5 Å². The molecule has 1 heterocycles. The molecule has 0 aliphatic rings. The summed E-state index contributed by atoms with van der Waals surface area (Å²) in [5.41, 5.74) is -0.0739. The van der Waals surface area contributed by atoms with E-state index in [0.717, 1.165) is 10.5 Å². The van der Waals surface area contributed by atoms with Crippen molar-refractivity contribution in [2.24, 2.45) is 0 Å². The molecule has 0 saturated carbocycles. The van der Waals surface area contributed by atoms with Crippen LogP contribution in [-0.2, 0) is 16.0 Å². The van der Waals surface area contributed by atoms with Crippen molar-refractivity contribution in [2.75, 3.05) is 12.4 Å². The molecule has 35 heavy (non-hydrogen) atoms. The zero-order chi connectivity index (χ0) is 26.6. The molecule has 0 fully saturated rings. The maximum absolute atomic E-state index is 12.8. The fourth-order valence-electron chi connectivity index (χ4n) is 2.97. The number of imide groups is 1. The first-order chi connectivity index (χ1) is 16.1. The predicted molar refractivity (Wildman–Crippen MR) is 130 cm³/mol. The second-order valence-corrected chi connectivity index (χ2v) is 9.86. The summed E-state index contributed by atoms with van der Waals surface area (Å²) in [7, 11) is 1.41. The van der Waals surface area contributed by atoms with Crippen LogP contribution in [0.15, 0.2) is 30.3 Å². The van der Waals surface area contributed by atoms with Gasteiger partial charge in [-0.05, 0) is 71.7 Å². The lowest BCUT2D eigenvalue weighted by Gasteiger charge is -2.28. The molecule has 0 spiro atoms. The highest BCUT2D eigenvalue weighted by Crippen LogP contribution is 2.29. The molecule has 2 rings (SSSR count). The van der Waals surface area contributed by atoms with E-state index < -0.39 is 28.3 Å². The molecule has 0 aliphatic carbocycles. The van der Waals surface area contributed by atoms with E-state index in [1.807, 2.05) is 6.92 Å². The van der Waals surface area contributed by atoms with Crippen LogP contribution in [0.3, 0.4) is 0 Å². The highest BCUT2D eigenvalue weighted by Gasteiger charge is 2.31. The minimum Gasteiger partial charge on any atom is -0.481 e. The second kappa shape index (κ2) is 10.6. The minimum atomic E-state index is -0.854. The van der Waals surface area contributed by atoms with Crippen molar-refractivity contribution in [1.82, 2.24) is 9.88 Å². The van der Waals surface area contributed by atoms with E-state index in [1.165, 1.54) is 19.2 Å². The number of pyridine rings is 1. The van der Waals surface area contributed by atoms with Crippen molar-refractivity contribution in [3.8, 4) is 5.88 Å². The van der Waals surface area contributed by atoms with Gasteiger partial charge in [0.15, 0.2) is 0 Å². The maximum atomic E-state index is 12.8. The number of nitro groups is 1. The van der Waals surface area contributed by atoms with Crippen molar-refractivity contribution < 1.29 is 28.7 Å². The van der Waals surface area contributed by atoms with Crippen LogP contribution in [0.1, 0.15) is 52.7 Å². The third kappa shape index (κ3) is 8.43. The summed E-state index contributed by atoms with van der Waals surface area (Å²) in [4.78, 5) is 41.6. The predicted octanol–water partition coefficient (Wildman–Crippen LogP) is 5.72. The van der Waals surface area contributed by atoms with Gasteiger partial charge in [-0.3, -0.25) is 10.1 Å². The molecule has 0 unspecified atom stereocenters. The standard InChI is InChI=1S/C24H32N4O7/c1-15-11-16(14-27(21(29)34-23(2,3)4)22(30)35-24(5,6)7)13-17(12-15)25-20-18(28(31)32)9-10-19(26-20)33-8/h9-13H,14H2,1-8H3,(H,25,26). The van der Waals surface area contributed by atoms with Crippen LogP contribution in [0.2, 0.25) is 0 Å². The summed E-state index contributed by atoms with van der Waals surface area (Å²) in [5, 5.41) is 14.4. The Morgan fingerprint density at radius 3 is 2.09 bits per heavy atom. The van der Waals surface area contributed by atoms with E-state index in [4.69, 9.17) is 14.2 Å². The maximum Gasteiger partial charge on any atom is 0.420 e. The average Bonchev–Trinajstić information content (AvgIpc) is 2.68. The van der Waals surface area contributed by atoms with E-state index in [0.29, 0.717) is 11.3 Å². The van der Waals surface area contributed by atoms with Gasteiger partial charge in [0.2, 0.25) is 11.7 Å². The SMILES string of the molecule is COc1ccc([N+](=O)[O-])c(Nc2cc(C)cc(CN(C(=O)OC(C)(C)C)C(=O)OC(C)(C)C)c2)n1. The molecule has 1 aromatic heterocycles. The molecule has 11 nitrogen and oxygen atoms in total. The number of amides is 2. The third-order valence-corrected chi connectivity index (χ3v) is 4.22. The molecule has 1 N–H and O–H groups in total. The first-order valence-corrected chi connectivity index (χ1v) is 10.9. The van der Waals surface area contributed by atoms with Gasteiger partial charge in [-0.25, -0.2) is 14.5 Å². The number of aryl methyl sites for hydroxylation is 1. The van der Waals surface area contributed by atoms with Crippen molar-refractivity contribution >= 4 is 29.4 Å². The highest BCUT2D eigenvalue weighted by molar-refractivity contribution is 5.88. The lowest BCUT2D eigenvalue weighted by molar-refractivity contribution is -0.384. The van der Waals surface area contributed by atoms with Crippen molar-refractivity contribution in [3.63, 3.8) is 0 Å². The fraction of sp³-hybridized carbons (Fsp3) is 0.458. The van der Waals surface area contributed by atoms with Gasteiger partial charge in [0, 0.05) is 17.8 Å². The lowest BCUT2D eigenvalue weighted by atomic mass is 10.1. The number of hydrogen-bond acceptors (Lipinski definition) is 9. The molecular formula is C24H32N4O7. The molecular weight excluding hydrogens is 456 g/mol. The first-order valence-electron chi connectivity index (χ1n) is 10.9. The van der Waals surface area contributed by atoms with Crippen LogP contribution in [-0.4, -0.2) is 45.3 Å². The Bertz CT molecular complexity index is 1080. The number of nitrogens with zero attached hydrogens (tertiary/aromatic N) is 3. The van der Waals surface area contributed by atoms with Crippen LogP contribution in [0.4, 0.5) is 26.8 Å². The van der Waals surface area contributed by atoms with Gasteiger partial charge >= 0.3 is 17.9 Å². The van der Waals surface area contributed by atoms with E-state index >= 15 is 0 Å². The quantitative estimate of drug-likeness (QED) is 0.400. The Kier molecular flexibility index (Phi) is 8.27. The van der Waals surface area contributed by atoms with E-state index in [-0.39, 0.29) is 23.9 Å². The number of rotatable bonds is 6. The van der Waals surface area contributed by atoms with E-state index in [2.05, 4.69) is 10.3 Å². The molecule has 0 bridgehead atoms. The number of carbonyl (C=O) groups excluding carboxylic acids is 2. The number of aromatic nitrogens is 1. The topological polar surface area (TPSA) is 133 Å². The fourth-order valence-corrected chi connectivity index (χ4v) is 2.97. The van der Waals surface area contributed by atoms with Crippen molar-refractivity contribution in [3.05, 3.63) is 51.6 Å². The molecule has 0 saturated heterocycles. The molecule has 1 aromatic carbocycles. The summed E-state index contributed by atoms with van der Waals surface area (Å²) in [5.74, 6) is 0.189. The minimum absolute atomic E-state index is 0.0120. The van der Waals surface area contributed by atoms with Gasteiger partial charge in [0.25, 0.3) is 0 Å². The molecule has 2 amide bonds. The van der Waals surface area contributed by atoms with Gasteiger partial charge in [0.1, 0.15) is 11.2 Å². The normalized spacial score (nSPS) is 11.4. The summed E-state index contributed by atoms with van der Waals surface area (Å²) in [6.45, 7) is 11.8. The number of hydrogen-bond donors (Lipinski definition) is 1. The zero-order valence-corrected chi connectivity index (χ0v) is 21.3. The molecule has 0 radical (unpaired) electrons. The highest BCUT2D eigenvalue weighted by atomic mass is 16.6. The van der Waals surface area contributed by atoms with Gasteiger partial charge in [-0.2, -0.15) is 4.98 Å². The number of benzene rings is 1. The third-order valence-electron chi connectivity index (χ3n) is 4.22. The molecule has 2 aromatic rings. The Hall–Kier alpha value is -3.89. The van der Waals surface area contributed by atoms with Crippen LogP contribution in [0.25, 0.3) is 0 Å². The first kappa shape index (κ1) is 27.4. The summed E-state index contributed by atoms with van der Waals surface area (Å²) in [6, 6.07) is 7.86. The Balaban J connectivity index is 2.41. The number of ether oxygens (including phenoxy) is 3. The molecule has 0 atom stereocenters. The van der Waals surface area contributed by atoms with Crippen LogP contribution in [0, 0.1) is 17.0 Å². The van der Waals surface area contributed by atoms with Crippen LogP contribution < -0.4 is 10.1 Å². The summed E-state index contributed by atoms with van der Waals surface area (Å²) >= 11 is 0. The average molecular weight is 489 g/mol. The largest absolute Gasteiger partial charge is 0.481 e. The molecule has 11 heteroatoms. The molecule has 0 aliphatic heterocycles. The zero-order valence-electron chi connectivity index (χ0n) is 21.3. The van der Waals surface area contributed by atoms with Crippen LogP contribution in [0.5, 0.6) is 5.88 Å². The Morgan fingerprint density at radius 1 is 1.03 bits per heavy atom. The Morgan fingerprint density at radius 2 is 1.60 bits per heavy atom. The van der Waals surface area contributed by atoms with Crippen molar-refractivity contribution in [2.45, 2.75) is 66.2 Å². The lowest BCUT2D eigenvalue weighted by Crippen LogP contribution is -2.43. The number of carbonyl (C=O) groups is 2. The van der Waals surface area contributed by atoms with Gasteiger partial charge in [-0.15, -0.1) is 0 Å². The van der Waals surface area contributed by atoms with Crippen molar-refractivity contribution in [1.29, 1.82) is 0 Å². The summed E-state index contributed by atoms with van der Waals surface area (Å²) < 4.78 is 15.9. The van der Waals surface area contributed by atoms with Gasteiger partial charge in [0.05, 0.1) is 18.6 Å².